The number of alkyl halides is 3. The van der Waals surface area contributed by atoms with Gasteiger partial charge in [0.2, 0.25) is 0 Å². The molecule has 3 rings (SSSR count). The molecule has 124 valence electrons. The third-order valence-electron chi connectivity index (χ3n) is 3.97. The molecule has 23 heavy (non-hydrogen) atoms. The molecule has 2 aromatic heterocycles. The van der Waals surface area contributed by atoms with Crippen LogP contribution in [-0.4, -0.2) is 19.3 Å². The highest BCUT2D eigenvalue weighted by atomic mass is 19.4. The van der Waals surface area contributed by atoms with Crippen molar-refractivity contribution < 1.29 is 17.6 Å². The van der Waals surface area contributed by atoms with Crippen molar-refractivity contribution in [1.29, 1.82) is 0 Å². The summed E-state index contributed by atoms with van der Waals surface area (Å²) in [5, 5.41) is 4.16. The Morgan fingerprint density at radius 3 is 2.78 bits per heavy atom. The van der Waals surface area contributed by atoms with Gasteiger partial charge in [-0.3, -0.25) is 4.57 Å². The lowest BCUT2D eigenvalue weighted by molar-refractivity contribution is -0.143. The lowest BCUT2D eigenvalue weighted by atomic mass is 10.0. The predicted molar refractivity (Wildman–Crippen MR) is 72.4 cm³/mol. The average molecular weight is 330 g/mol. The number of aromatic nitrogens is 4. The molecule has 0 radical (unpaired) electrons. The standard InChI is InChI=1S/C14H14F4N4O/c1-8-3-2-6-21-12(8)20-22(13(21)23)7-9-4-5-19-11(10(9)15)14(16,17)18/h4-5,8H,2-3,6-7H2,1H3/t8-/m1/s1. The van der Waals surface area contributed by atoms with Crippen LogP contribution in [0.3, 0.4) is 0 Å². The highest BCUT2D eigenvalue weighted by Gasteiger charge is 2.37. The number of pyridine rings is 1. The van der Waals surface area contributed by atoms with Gasteiger partial charge in [-0.25, -0.2) is 18.9 Å². The quantitative estimate of drug-likeness (QED) is 0.795. The van der Waals surface area contributed by atoms with E-state index in [0.29, 0.717) is 12.4 Å². The highest BCUT2D eigenvalue weighted by molar-refractivity contribution is 5.21. The first kappa shape index (κ1) is 15.7. The molecule has 0 N–H and O–H groups in total. The number of hydrogen-bond donors (Lipinski definition) is 0. The van der Waals surface area contributed by atoms with Crippen molar-refractivity contribution in [3.63, 3.8) is 0 Å². The fourth-order valence-electron chi connectivity index (χ4n) is 2.79. The van der Waals surface area contributed by atoms with E-state index in [1.807, 2.05) is 6.92 Å². The molecular weight excluding hydrogens is 316 g/mol. The van der Waals surface area contributed by atoms with Crippen molar-refractivity contribution in [2.75, 3.05) is 0 Å². The van der Waals surface area contributed by atoms with Gasteiger partial charge in [-0.2, -0.15) is 18.3 Å². The van der Waals surface area contributed by atoms with Crippen molar-refractivity contribution in [1.82, 2.24) is 19.3 Å². The van der Waals surface area contributed by atoms with E-state index < -0.39 is 23.4 Å². The van der Waals surface area contributed by atoms with Crippen molar-refractivity contribution in [2.24, 2.45) is 0 Å². The summed E-state index contributed by atoms with van der Waals surface area (Å²) in [4.78, 5) is 15.3. The number of nitrogens with zero attached hydrogens (tertiary/aromatic N) is 4. The molecule has 9 heteroatoms. The monoisotopic (exact) mass is 330 g/mol. The van der Waals surface area contributed by atoms with Crippen LogP contribution in [0.5, 0.6) is 0 Å². The molecule has 2 aromatic rings. The molecule has 1 atom stereocenters. The lowest BCUT2D eigenvalue weighted by Crippen LogP contribution is -2.28. The molecule has 0 saturated carbocycles. The normalized spacial score (nSPS) is 18.0. The molecule has 1 aliphatic heterocycles. The Balaban J connectivity index is 2.00. The van der Waals surface area contributed by atoms with Crippen molar-refractivity contribution in [2.45, 2.75) is 44.9 Å². The van der Waals surface area contributed by atoms with Gasteiger partial charge in [0, 0.05) is 24.2 Å². The second-order valence-corrected chi connectivity index (χ2v) is 5.62. The smallest absolute Gasteiger partial charge is 0.279 e. The van der Waals surface area contributed by atoms with E-state index in [4.69, 9.17) is 0 Å². The Bertz CT molecular complexity index is 793. The highest BCUT2D eigenvalue weighted by Crippen LogP contribution is 2.30. The molecule has 0 saturated heterocycles. The van der Waals surface area contributed by atoms with Gasteiger partial charge in [-0.1, -0.05) is 6.92 Å². The van der Waals surface area contributed by atoms with E-state index in [0.717, 1.165) is 29.8 Å². The minimum absolute atomic E-state index is 0.0886. The summed E-state index contributed by atoms with van der Waals surface area (Å²) < 4.78 is 54.6. The predicted octanol–water partition coefficient (Wildman–Crippen LogP) is 2.54. The molecular formula is C14H14F4N4O. The molecule has 5 nitrogen and oxygen atoms in total. The van der Waals surface area contributed by atoms with Gasteiger partial charge in [0.05, 0.1) is 6.54 Å². The van der Waals surface area contributed by atoms with E-state index >= 15 is 0 Å². The summed E-state index contributed by atoms with van der Waals surface area (Å²) in [5.74, 6) is -0.789. The summed E-state index contributed by atoms with van der Waals surface area (Å²) in [7, 11) is 0. The molecule has 0 bridgehead atoms. The molecule has 1 aliphatic rings. The molecule has 0 fully saturated rings. The van der Waals surface area contributed by atoms with Crippen LogP contribution in [0.25, 0.3) is 0 Å². The first-order valence-corrected chi connectivity index (χ1v) is 7.17. The average Bonchev–Trinajstić information content (AvgIpc) is 2.79. The number of rotatable bonds is 2. The summed E-state index contributed by atoms with van der Waals surface area (Å²) >= 11 is 0. The minimum Gasteiger partial charge on any atom is -0.279 e. The largest absolute Gasteiger partial charge is 0.436 e. The number of hydrogen-bond acceptors (Lipinski definition) is 3. The zero-order valence-electron chi connectivity index (χ0n) is 12.3. The Morgan fingerprint density at radius 1 is 1.39 bits per heavy atom. The molecule has 3 heterocycles. The Kier molecular flexibility index (Phi) is 3.73. The van der Waals surface area contributed by atoms with Gasteiger partial charge in [-0.15, -0.1) is 0 Å². The molecule has 0 amide bonds. The van der Waals surface area contributed by atoms with E-state index in [1.54, 1.807) is 0 Å². The summed E-state index contributed by atoms with van der Waals surface area (Å²) in [6.45, 7) is 2.09. The summed E-state index contributed by atoms with van der Waals surface area (Å²) in [5.41, 5.74) is -2.28. The van der Waals surface area contributed by atoms with Gasteiger partial charge < -0.3 is 0 Å². The van der Waals surface area contributed by atoms with Crippen molar-refractivity contribution in [3.8, 4) is 0 Å². The zero-order chi connectivity index (χ0) is 16.8. The SMILES string of the molecule is C[C@@H]1CCCn2c1nn(Cc1ccnc(C(F)(F)F)c1F)c2=O. The van der Waals surface area contributed by atoms with Crippen LogP contribution in [0.15, 0.2) is 17.1 Å². The first-order chi connectivity index (χ1) is 10.8. The van der Waals surface area contributed by atoms with Crippen LogP contribution in [0.1, 0.15) is 42.8 Å². The molecule has 0 unspecified atom stereocenters. The fraction of sp³-hybridized carbons (Fsp3) is 0.500. The van der Waals surface area contributed by atoms with Gasteiger partial charge >= 0.3 is 11.9 Å². The maximum atomic E-state index is 14.0. The van der Waals surface area contributed by atoms with Crippen molar-refractivity contribution >= 4 is 0 Å². The Labute approximate surface area is 128 Å². The minimum atomic E-state index is -4.88. The van der Waals surface area contributed by atoms with Crippen LogP contribution < -0.4 is 5.69 Å². The summed E-state index contributed by atoms with van der Waals surface area (Å²) in [6, 6.07) is 1.12. The summed E-state index contributed by atoms with van der Waals surface area (Å²) in [6.07, 6.45) is -2.28. The second kappa shape index (κ2) is 5.47. The topological polar surface area (TPSA) is 52.7 Å². The van der Waals surface area contributed by atoms with Crippen LogP contribution in [-0.2, 0) is 19.3 Å². The lowest BCUT2D eigenvalue weighted by Gasteiger charge is -2.17. The van der Waals surface area contributed by atoms with Crippen LogP contribution in [0.4, 0.5) is 17.6 Å². The number of fused-ring (bicyclic) bond motifs is 1. The van der Waals surface area contributed by atoms with E-state index in [2.05, 4.69) is 10.1 Å². The molecule has 0 aliphatic carbocycles. The van der Waals surface area contributed by atoms with Crippen LogP contribution in [0.2, 0.25) is 0 Å². The maximum absolute atomic E-state index is 14.0. The van der Waals surface area contributed by atoms with Crippen LogP contribution in [0, 0.1) is 5.82 Å². The zero-order valence-corrected chi connectivity index (χ0v) is 12.3. The van der Waals surface area contributed by atoms with Crippen LogP contribution >= 0.6 is 0 Å². The van der Waals surface area contributed by atoms with Crippen molar-refractivity contribution in [3.05, 3.63) is 45.6 Å². The number of halogens is 4. The van der Waals surface area contributed by atoms with E-state index in [1.165, 1.54) is 4.57 Å². The second-order valence-electron chi connectivity index (χ2n) is 5.62. The van der Waals surface area contributed by atoms with Gasteiger partial charge in [0.15, 0.2) is 11.5 Å². The fourth-order valence-corrected chi connectivity index (χ4v) is 2.79. The van der Waals surface area contributed by atoms with Gasteiger partial charge in [0.1, 0.15) is 5.82 Å². The van der Waals surface area contributed by atoms with Gasteiger partial charge in [0.25, 0.3) is 0 Å². The third-order valence-corrected chi connectivity index (χ3v) is 3.97. The molecule has 0 aromatic carbocycles. The Morgan fingerprint density at radius 2 is 2.13 bits per heavy atom. The van der Waals surface area contributed by atoms with E-state index in [-0.39, 0.29) is 18.0 Å². The van der Waals surface area contributed by atoms with E-state index in [9.17, 15) is 22.4 Å². The maximum Gasteiger partial charge on any atom is 0.436 e. The molecule has 0 spiro atoms. The third kappa shape index (κ3) is 2.75. The van der Waals surface area contributed by atoms with Gasteiger partial charge in [-0.05, 0) is 18.9 Å². The Hall–Kier alpha value is -2.19. The first-order valence-electron chi connectivity index (χ1n) is 7.17.